The lowest BCUT2D eigenvalue weighted by atomic mass is 10.1. The van der Waals surface area contributed by atoms with Gasteiger partial charge in [-0.1, -0.05) is 35.3 Å². The number of aliphatic carboxylic acids is 1. The Morgan fingerprint density at radius 3 is 2.38 bits per heavy atom. The van der Waals surface area contributed by atoms with E-state index in [1.54, 1.807) is 60.7 Å². The molecule has 0 bridgehead atoms. The highest BCUT2D eigenvalue weighted by Gasteiger charge is 2.15. The number of esters is 1. The Balaban J connectivity index is 1.51. The molecule has 0 amide bonds. The predicted octanol–water partition coefficient (Wildman–Crippen LogP) is 4.98. The van der Waals surface area contributed by atoms with Crippen LogP contribution < -0.4 is 10.5 Å². The second-order valence-electron chi connectivity index (χ2n) is 7.04. The van der Waals surface area contributed by atoms with Crippen molar-refractivity contribution in [2.24, 2.45) is 5.73 Å². The average molecular weight is 471 g/mol. The number of halogens is 2. The van der Waals surface area contributed by atoms with Crippen LogP contribution in [0.3, 0.4) is 0 Å². The summed E-state index contributed by atoms with van der Waals surface area (Å²) in [6.45, 7) is 0. The molecule has 0 aliphatic carbocycles. The van der Waals surface area contributed by atoms with Gasteiger partial charge >= 0.3 is 11.9 Å². The van der Waals surface area contributed by atoms with E-state index >= 15 is 0 Å². The van der Waals surface area contributed by atoms with Crippen molar-refractivity contribution in [2.75, 3.05) is 0 Å². The number of benzene rings is 3. The molecular weight excluding hydrogens is 455 g/mol. The Kier molecular flexibility index (Phi) is 6.14. The van der Waals surface area contributed by atoms with Gasteiger partial charge in [0.2, 0.25) is 5.89 Å². The van der Waals surface area contributed by atoms with Gasteiger partial charge in [0, 0.05) is 15.6 Å². The fraction of sp³-hybridized carbons (Fsp3) is 0.0870. The zero-order chi connectivity index (χ0) is 22.8. The monoisotopic (exact) mass is 470 g/mol. The van der Waals surface area contributed by atoms with E-state index in [4.69, 9.17) is 43.2 Å². The van der Waals surface area contributed by atoms with Gasteiger partial charge in [-0.25, -0.2) is 9.78 Å². The first-order valence-corrected chi connectivity index (χ1v) is 10.2. The van der Waals surface area contributed by atoms with E-state index in [1.807, 2.05) is 0 Å². The van der Waals surface area contributed by atoms with Crippen molar-refractivity contribution in [2.45, 2.75) is 12.5 Å². The minimum atomic E-state index is -1.08. The summed E-state index contributed by atoms with van der Waals surface area (Å²) < 4.78 is 11.2. The van der Waals surface area contributed by atoms with Gasteiger partial charge in [0.05, 0.1) is 5.56 Å². The van der Waals surface area contributed by atoms with Crippen LogP contribution in [0.15, 0.2) is 65.1 Å². The van der Waals surface area contributed by atoms with E-state index in [2.05, 4.69) is 4.98 Å². The van der Waals surface area contributed by atoms with Crippen LogP contribution in [0.2, 0.25) is 10.0 Å². The Bertz CT molecular complexity index is 1300. The Labute approximate surface area is 192 Å². The Morgan fingerprint density at radius 1 is 1.03 bits per heavy atom. The fourth-order valence-corrected chi connectivity index (χ4v) is 3.58. The molecule has 7 nitrogen and oxygen atoms in total. The Morgan fingerprint density at radius 2 is 1.72 bits per heavy atom. The smallest absolute Gasteiger partial charge is 0.343 e. The van der Waals surface area contributed by atoms with Crippen molar-refractivity contribution in [3.8, 4) is 17.2 Å². The van der Waals surface area contributed by atoms with Crippen LogP contribution in [-0.2, 0) is 11.2 Å². The molecule has 0 saturated carbocycles. The van der Waals surface area contributed by atoms with Crippen molar-refractivity contribution in [1.29, 1.82) is 0 Å². The number of carboxylic acid groups (broad SMARTS) is 1. The molecule has 1 heterocycles. The number of carbonyl (C=O) groups is 2. The summed E-state index contributed by atoms with van der Waals surface area (Å²) in [5.74, 6) is -1.02. The van der Waals surface area contributed by atoms with Crippen molar-refractivity contribution in [3.63, 3.8) is 0 Å². The highest BCUT2D eigenvalue weighted by Crippen LogP contribution is 2.30. The third-order valence-electron chi connectivity index (χ3n) is 4.64. The molecule has 0 fully saturated rings. The maximum Gasteiger partial charge on any atom is 0.343 e. The van der Waals surface area contributed by atoms with Gasteiger partial charge in [0.15, 0.2) is 5.58 Å². The van der Waals surface area contributed by atoms with E-state index in [9.17, 15) is 9.59 Å². The van der Waals surface area contributed by atoms with Gasteiger partial charge in [0.25, 0.3) is 0 Å². The molecule has 0 aliphatic heterocycles. The summed E-state index contributed by atoms with van der Waals surface area (Å²) in [5, 5.41) is 9.80. The lowest BCUT2D eigenvalue weighted by molar-refractivity contribution is -0.138. The summed E-state index contributed by atoms with van der Waals surface area (Å²) in [6, 6.07) is 15.2. The summed E-state index contributed by atoms with van der Waals surface area (Å²) >= 11 is 12.1. The van der Waals surface area contributed by atoms with Crippen molar-refractivity contribution in [1.82, 2.24) is 4.98 Å². The largest absolute Gasteiger partial charge is 0.480 e. The molecule has 3 aromatic carbocycles. The van der Waals surface area contributed by atoms with Gasteiger partial charge in [-0.2, -0.15) is 0 Å². The predicted molar refractivity (Wildman–Crippen MR) is 120 cm³/mol. The molecule has 4 rings (SSSR count). The number of oxazole rings is 1. The SMILES string of the molecule is N[C@@H](Cc1ccc(OC(=O)c2ccc3nc(-c4cc(Cl)cc(Cl)c4)oc3c2)cc1)C(=O)O. The van der Waals surface area contributed by atoms with Crippen molar-refractivity contribution in [3.05, 3.63) is 81.8 Å². The van der Waals surface area contributed by atoms with Crippen LogP contribution in [0.5, 0.6) is 5.75 Å². The second kappa shape index (κ2) is 9.00. The van der Waals surface area contributed by atoms with Crippen LogP contribution in [0.25, 0.3) is 22.6 Å². The fourth-order valence-electron chi connectivity index (χ4n) is 3.05. The number of nitrogens with two attached hydrogens (primary N) is 1. The number of ether oxygens (including phenoxy) is 1. The van der Waals surface area contributed by atoms with Gasteiger partial charge in [-0.15, -0.1) is 0 Å². The molecule has 1 atom stereocenters. The summed E-state index contributed by atoms with van der Waals surface area (Å²) in [5.41, 5.74) is 8.11. The number of aromatic nitrogens is 1. The molecule has 162 valence electrons. The first kappa shape index (κ1) is 21.8. The zero-order valence-corrected chi connectivity index (χ0v) is 17.9. The lowest BCUT2D eigenvalue weighted by Crippen LogP contribution is -2.32. The number of hydrogen-bond acceptors (Lipinski definition) is 6. The minimum absolute atomic E-state index is 0.173. The number of fused-ring (bicyclic) bond motifs is 1. The number of nitrogens with zero attached hydrogens (tertiary/aromatic N) is 1. The molecule has 32 heavy (non-hydrogen) atoms. The first-order valence-electron chi connectivity index (χ1n) is 9.45. The molecule has 4 aromatic rings. The van der Waals surface area contributed by atoms with E-state index in [0.29, 0.717) is 38.3 Å². The van der Waals surface area contributed by atoms with Crippen LogP contribution in [-0.4, -0.2) is 28.1 Å². The van der Waals surface area contributed by atoms with Crippen LogP contribution in [0, 0.1) is 0 Å². The van der Waals surface area contributed by atoms with E-state index in [-0.39, 0.29) is 12.0 Å². The van der Waals surface area contributed by atoms with Crippen LogP contribution >= 0.6 is 23.2 Å². The number of hydrogen-bond donors (Lipinski definition) is 2. The highest BCUT2D eigenvalue weighted by molar-refractivity contribution is 6.35. The molecule has 0 unspecified atom stereocenters. The maximum atomic E-state index is 12.6. The highest BCUT2D eigenvalue weighted by atomic mass is 35.5. The molecule has 3 N–H and O–H groups in total. The van der Waals surface area contributed by atoms with E-state index in [0.717, 1.165) is 5.56 Å². The summed E-state index contributed by atoms with van der Waals surface area (Å²) in [6.07, 6.45) is 0.173. The average Bonchev–Trinajstić information content (AvgIpc) is 3.18. The van der Waals surface area contributed by atoms with Gasteiger partial charge in [-0.3, -0.25) is 4.79 Å². The van der Waals surface area contributed by atoms with Crippen LogP contribution in [0.4, 0.5) is 0 Å². The lowest BCUT2D eigenvalue weighted by Gasteiger charge is -2.08. The maximum absolute atomic E-state index is 12.6. The number of rotatable bonds is 6. The van der Waals surface area contributed by atoms with Crippen molar-refractivity contribution < 1.29 is 23.8 Å². The van der Waals surface area contributed by atoms with E-state index < -0.39 is 18.0 Å². The molecule has 9 heteroatoms. The number of carboxylic acids is 1. The van der Waals surface area contributed by atoms with E-state index in [1.165, 1.54) is 0 Å². The molecular formula is C23H16Cl2N2O5. The summed E-state index contributed by atoms with van der Waals surface area (Å²) in [7, 11) is 0. The standard InChI is InChI=1S/C23H16Cl2N2O5/c24-15-8-14(9-16(25)11-15)21-27-19-6-3-13(10-20(19)32-21)23(30)31-17-4-1-12(2-5-17)7-18(26)22(28)29/h1-6,8-11,18H,7,26H2,(H,28,29)/t18-/m0/s1. The minimum Gasteiger partial charge on any atom is -0.480 e. The quantitative estimate of drug-likeness (QED) is 0.301. The van der Waals surface area contributed by atoms with Gasteiger partial charge < -0.3 is 20.0 Å². The molecule has 0 saturated heterocycles. The third-order valence-corrected chi connectivity index (χ3v) is 5.08. The summed E-state index contributed by atoms with van der Waals surface area (Å²) in [4.78, 5) is 27.8. The van der Waals surface area contributed by atoms with Crippen LogP contribution in [0.1, 0.15) is 15.9 Å². The second-order valence-corrected chi connectivity index (χ2v) is 7.91. The topological polar surface area (TPSA) is 116 Å². The third kappa shape index (κ3) is 4.91. The number of carbonyl (C=O) groups excluding carboxylic acids is 1. The zero-order valence-electron chi connectivity index (χ0n) is 16.4. The normalized spacial score (nSPS) is 12.0. The Hall–Kier alpha value is -3.39. The molecule has 0 aliphatic rings. The van der Waals surface area contributed by atoms with Gasteiger partial charge in [0.1, 0.15) is 17.3 Å². The van der Waals surface area contributed by atoms with Gasteiger partial charge in [-0.05, 0) is 60.5 Å². The van der Waals surface area contributed by atoms with Crippen molar-refractivity contribution >= 4 is 46.2 Å². The first-order chi connectivity index (χ1) is 15.3. The molecule has 0 spiro atoms. The molecule has 1 aromatic heterocycles. The molecule has 0 radical (unpaired) electrons.